The zero-order valence-corrected chi connectivity index (χ0v) is 25.9. The van der Waals surface area contributed by atoms with Crippen molar-refractivity contribution in [3.05, 3.63) is 121 Å². The Morgan fingerprint density at radius 3 is 2.33 bits per heavy atom. The molecule has 2 saturated carbocycles. The largest absolute Gasteiger partial charge is 0.493 e. The van der Waals surface area contributed by atoms with Crippen molar-refractivity contribution in [1.29, 1.82) is 0 Å². The third-order valence-corrected chi connectivity index (χ3v) is 8.40. The minimum atomic E-state index is -0.736. The molecule has 10 heteroatoms. The topological polar surface area (TPSA) is 107 Å². The molecule has 242 valence electrons. The lowest BCUT2D eigenvalue weighted by molar-refractivity contribution is -0.119. The highest BCUT2D eigenvalue weighted by Gasteiger charge is 2.46. The van der Waals surface area contributed by atoms with E-state index in [2.05, 4.69) is 10.3 Å². The van der Waals surface area contributed by atoms with Gasteiger partial charge in [0.25, 0.3) is 0 Å². The molecule has 2 aliphatic carbocycles. The second-order valence-electron chi connectivity index (χ2n) is 12.0. The Bertz CT molecular complexity index is 1980. The Morgan fingerprint density at radius 2 is 1.62 bits per heavy atom. The van der Waals surface area contributed by atoms with Gasteiger partial charge in [0.2, 0.25) is 5.91 Å². The molecule has 1 N–H and O–H groups in total. The molecule has 3 amide bonds. The van der Waals surface area contributed by atoms with Gasteiger partial charge in [0, 0.05) is 41.7 Å². The summed E-state index contributed by atoms with van der Waals surface area (Å²) in [6.07, 6.45) is 5.08. The van der Waals surface area contributed by atoms with Crippen molar-refractivity contribution in [2.24, 2.45) is 5.92 Å². The van der Waals surface area contributed by atoms with E-state index in [-0.39, 0.29) is 29.2 Å². The highest BCUT2D eigenvalue weighted by Crippen LogP contribution is 2.43. The van der Waals surface area contributed by atoms with Crippen molar-refractivity contribution in [2.75, 3.05) is 16.8 Å². The van der Waals surface area contributed by atoms with Crippen molar-refractivity contribution in [1.82, 2.24) is 4.98 Å². The van der Waals surface area contributed by atoms with Gasteiger partial charge >= 0.3 is 12.0 Å². The number of aromatic nitrogens is 1. The summed E-state index contributed by atoms with van der Waals surface area (Å²) in [5, 5.41) is 3.35. The maximum Gasteiger partial charge on any atom is 0.338 e. The zero-order valence-electron chi connectivity index (χ0n) is 25.9. The first kappa shape index (κ1) is 30.9. The number of carbonyl (C=O) groups is 3. The molecule has 0 spiro atoms. The monoisotopic (exact) mass is 645 g/mol. The Balaban J connectivity index is 1.02. The van der Waals surface area contributed by atoms with Gasteiger partial charge in [0.05, 0.1) is 23.4 Å². The Hall–Kier alpha value is -5.77. The van der Waals surface area contributed by atoms with Gasteiger partial charge in [-0.15, -0.1) is 0 Å². The van der Waals surface area contributed by atoms with Crippen molar-refractivity contribution >= 4 is 40.2 Å². The molecule has 1 aromatic heterocycles. The van der Waals surface area contributed by atoms with E-state index in [4.69, 9.17) is 14.2 Å². The van der Waals surface area contributed by atoms with Crippen molar-refractivity contribution in [3.63, 3.8) is 0 Å². The van der Waals surface area contributed by atoms with E-state index in [1.165, 1.54) is 12.1 Å². The van der Waals surface area contributed by atoms with Crippen LogP contribution in [-0.2, 0) is 9.53 Å². The summed E-state index contributed by atoms with van der Waals surface area (Å²) >= 11 is 0. The summed E-state index contributed by atoms with van der Waals surface area (Å²) in [6.45, 7) is 0.352. The predicted octanol–water partition coefficient (Wildman–Crippen LogP) is 8.30. The Morgan fingerprint density at radius 1 is 0.875 bits per heavy atom. The molecule has 2 fully saturated rings. The van der Waals surface area contributed by atoms with Crippen LogP contribution in [-0.4, -0.2) is 35.1 Å². The molecule has 0 saturated heterocycles. The molecule has 9 nitrogen and oxygen atoms in total. The first-order valence-electron chi connectivity index (χ1n) is 15.8. The molecular weight excluding hydrogens is 613 g/mol. The number of esters is 1. The van der Waals surface area contributed by atoms with E-state index in [1.807, 2.05) is 12.1 Å². The number of imide groups is 1. The maximum atomic E-state index is 15.5. The molecule has 1 heterocycles. The van der Waals surface area contributed by atoms with Crippen LogP contribution in [0.1, 0.15) is 42.5 Å². The number of benzene rings is 4. The molecule has 2 aliphatic rings. The fourth-order valence-corrected chi connectivity index (χ4v) is 5.40. The number of anilines is 2. The number of urea groups is 1. The lowest BCUT2D eigenvalue weighted by atomic mass is 10.2. The van der Waals surface area contributed by atoms with Crippen LogP contribution in [0.4, 0.5) is 20.6 Å². The van der Waals surface area contributed by atoms with Crippen LogP contribution < -0.4 is 19.7 Å². The van der Waals surface area contributed by atoms with Crippen LogP contribution in [0.2, 0.25) is 0 Å². The summed E-state index contributed by atoms with van der Waals surface area (Å²) in [5.74, 6) is -0.837. The molecule has 7 rings (SSSR count). The van der Waals surface area contributed by atoms with Gasteiger partial charge in [-0.2, -0.15) is 0 Å². The third kappa shape index (κ3) is 6.97. The van der Waals surface area contributed by atoms with E-state index in [9.17, 15) is 14.4 Å². The van der Waals surface area contributed by atoms with Gasteiger partial charge in [-0.05, 0) is 80.3 Å². The number of para-hydroxylation sites is 1. The van der Waals surface area contributed by atoms with Gasteiger partial charge in [-0.25, -0.2) is 18.9 Å². The Labute approximate surface area is 276 Å². The number of amides is 3. The number of fused-ring (bicyclic) bond motifs is 1. The van der Waals surface area contributed by atoms with Gasteiger partial charge in [0.15, 0.2) is 11.6 Å². The van der Waals surface area contributed by atoms with Crippen LogP contribution in [0.15, 0.2) is 109 Å². The first-order valence-corrected chi connectivity index (χ1v) is 15.8. The van der Waals surface area contributed by atoms with Crippen LogP contribution in [0.25, 0.3) is 10.9 Å². The lowest BCUT2D eigenvalue weighted by Crippen LogP contribution is -2.41. The summed E-state index contributed by atoms with van der Waals surface area (Å²) < 4.78 is 33.2. The summed E-state index contributed by atoms with van der Waals surface area (Å²) in [6, 6.07) is 28.0. The van der Waals surface area contributed by atoms with Crippen molar-refractivity contribution in [3.8, 4) is 17.2 Å². The van der Waals surface area contributed by atoms with Crippen molar-refractivity contribution in [2.45, 2.75) is 37.7 Å². The summed E-state index contributed by atoms with van der Waals surface area (Å²) in [4.78, 5) is 44.2. The number of nitrogens with zero attached hydrogens (tertiary/aromatic N) is 2. The van der Waals surface area contributed by atoms with E-state index in [0.29, 0.717) is 59.5 Å². The number of pyridine rings is 1. The molecule has 0 radical (unpaired) electrons. The minimum Gasteiger partial charge on any atom is -0.493 e. The van der Waals surface area contributed by atoms with E-state index in [0.717, 1.165) is 23.8 Å². The zero-order chi connectivity index (χ0) is 33.1. The summed E-state index contributed by atoms with van der Waals surface area (Å²) in [7, 11) is 0. The molecule has 5 aromatic rings. The quantitative estimate of drug-likeness (QED) is 0.144. The van der Waals surface area contributed by atoms with Crippen LogP contribution in [0.5, 0.6) is 17.2 Å². The maximum absolute atomic E-state index is 15.5. The average molecular weight is 646 g/mol. The molecule has 0 atom stereocenters. The van der Waals surface area contributed by atoms with Gasteiger partial charge in [-0.1, -0.05) is 36.4 Å². The number of ether oxygens (including phenoxy) is 3. The highest BCUT2D eigenvalue weighted by molar-refractivity contribution is 6.19. The van der Waals surface area contributed by atoms with Crippen LogP contribution >= 0.6 is 0 Å². The number of halogens is 1. The second kappa shape index (κ2) is 13.2. The summed E-state index contributed by atoms with van der Waals surface area (Å²) in [5.41, 5.74) is 1.23. The number of nitrogens with one attached hydrogen (secondary N) is 1. The molecule has 0 unspecified atom stereocenters. The van der Waals surface area contributed by atoms with Gasteiger partial charge in [0.1, 0.15) is 17.1 Å². The lowest BCUT2D eigenvalue weighted by Gasteiger charge is -2.22. The predicted molar refractivity (Wildman–Crippen MR) is 178 cm³/mol. The fraction of sp³-hybridized carbons (Fsp3) is 0.211. The minimum absolute atomic E-state index is 0.0753. The van der Waals surface area contributed by atoms with Crippen molar-refractivity contribution < 1.29 is 33.0 Å². The second-order valence-corrected chi connectivity index (χ2v) is 12.0. The van der Waals surface area contributed by atoms with Crippen LogP contribution in [0, 0.1) is 11.7 Å². The molecule has 0 aliphatic heterocycles. The normalized spacial score (nSPS) is 14.5. The fourth-order valence-electron chi connectivity index (χ4n) is 5.40. The molecule has 4 aromatic carbocycles. The molecule has 0 bridgehead atoms. The van der Waals surface area contributed by atoms with E-state index < -0.39 is 17.4 Å². The van der Waals surface area contributed by atoms with Gasteiger partial charge < -0.3 is 19.5 Å². The average Bonchev–Trinajstić information content (AvgIpc) is 4.04. The number of rotatable bonds is 11. The van der Waals surface area contributed by atoms with E-state index in [1.54, 1.807) is 79.0 Å². The molecular formula is C38H32FN3O6. The van der Waals surface area contributed by atoms with Crippen LogP contribution in [0.3, 0.4) is 0 Å². The highest BCUT2D eigenvalue weighted by atomic mass is 19.1. The third-order valence-electron chi connectivity index (χ3n) is 8.40. The number of hydrogen-bond acceptors (Lipinski definition) is 7. The molecule has 48 heavy (non-hydrogen) atoms. The first-order chi connectivity index (χ1) is 23.4. The Kier molecular flexibility index (Phi) is 8.46. The van der Waals surface area contributed by atoms with Gasteiger partial charge in [-0.3, -0.25) is 9.78 Å². The smallest absolute Gasteiger partial charge is 0.338 e. The number of carbonyl (C=O) groups excluding carboxylic acids is 3. The number of hydrogen-bond donors (Lipinski definition) is 1. The SMILES string of the molecule is O=C(OC1(CCOc2ccc3c(Oc4ccc(N(C(=O)Nc5ccccc5)C(=O)C5CC5)cc4F)ccnc3c2)CC1)c1ccccc1. The van der Waals surface area contributed by atoms with E-state index >= 15 is 4.39 Å². The standard InChI is InChI=1S/C38H32FN3O6/c39-31-23-28(42(35(43)25-11-12-25)37(45)41-27-9-5-2-6-10-27)13-16-34(31)47-33-17-21-40-32-24-29(14-15-30(32)33)46-22-20-38(18-19-38)48-36(44)26-7-3-1-4-8-26/h1-10,13-17,21,23-25H,11-12,18-20,22H2,(H,41,45).